The molecule has 0 amide bonds. The average molecular weight is 240 g/mol. The summed E-state index contributed by atoms with van der Waals surface area (Å²) in [5.74, 6) is 0.909. The third kappa shape index (κ3) is 2.69. The standard InChI is InChI=1S/C13H18ClNO/c1-9-8-10(14)6-7-12(9)16-13-5-3-2-4-11(13)15/h6-8,11,13H,2-5,15H2,1H3. The minimum Gasteiger partial charge on any atom is -0.489 e. The van der Waals surface area contributed by atoms with Crippen molar-refractivity contribution < 1.29 is 4.74 Å². The van der Waals surface area contributed by atoms with Crippen LogP contribution in [0.5, 0.6) is 5.75 Å². The van der Waals surface area contributed by atoms with Gasteiger partial charge in [-0.1, -0.05) is 18.0 Å². The van der Waals surface area contributed by atoms with Crippen LogP contribution < -0.4 is 10.5 Å². The summed E-state index contributed by atoms with van der Waals surface area (Å²) in [6, 6.07) is 5.88. The zero-order valence-corrected chi connectivity index (χ0v) is 10.3. The van der Waals surface area contributed by atoms with E-state index in [2.05, 4.69) is 0 Å². The summed E-state index contributed by atoms with van der Waals surface area (Å²) in [5, 5.41) is 0.748. The van der Waals surface area contributed by atoms with E-state index in [0.29, 0.717) is 0 Å². The van der Waals surface area contributed by atoms with Crippen LogP contribution in [0.3, 0.4) is 0 Å². The van der Waals surface area contributed by atoms with Crippen LogP contribution in [0.1, 0.15) is 31.2 Å². The molecule has 0 radical (unpaired) electrons. The highest BCUT2D eigenvalue weighted by Crippen LogP contribution is 2.27. The molecule has 1 aromatic rings. The molecule has 1 fully saturated rings. The van der Waals surface area contributed by atoms with E-state index in [0.717, 1.165) is 29.2 Å². The van der Waals surface area contributed by atoms with Crippen molar-refractivity contribution in [3.8, 4) is 5.75 Å². The highest BCUT2D eigenvalue weighted by molar-refractivity contribution is 6.30. The van der Waals surface area contributed by atoms with E-state index in [1.165, 1.54) is 12.8 Å². The van der Waals surface area contributed by atoms with E-state index < -0.39 is 0 Å². The number of rotatable bonds is 2. The molecule has 2 N–H and O–H groups in total. The number of hydrogen-bond donors (Lipinski definition) is 1. The molecule has 88 valence electrons. The minimum absolute atomic E-state index is 0.161. The van der Waals surface area contributed by atoms with E-state index in [4.69, 9.17) is 22.1 Å². The average Bonchev–Trinajstić information content (AvgIpc) is 2.25. The Labute approximate surface area is 102 Å². The number of benzene rings is 1. The molecule has 0 heterocycles. The highest BCUT2D eigenvalue weighted by Gasteiger charge is 2.23. The molecular formula is C13H18ClNO. The normalized spacial score (nSPS) is 25.4. The van der Waals surface area contributed by atoms with E-state index in [9.17, 15) is 0 Å². The fourth-order valence-corrected chi connectivity index (χ4v) is 2.41. The van der Waals surface area contributed by atoms with Crippen molar-refractivity contribution in [2.45, 2.75) is 44.8 Å². The molecule has 1 aliphatic rings. The Balaban J connectivity index is 2.07. The summed E-state index contributed by atoms with van der Waals surface area (Å²) in [4.78, 5) is 0. The summed E-state index contributed by atoms with van der Waals surface area (Å²) in [6.45, 7) is 2.01. The van der Waals surface area contributed by atoms with Gasteiger partial charge in [-0.2, -0.15) is 0 Å². The van der Waals surface area contributed by atoms with Crippen molar-refractivity contribution in [3.05, 3.63) is 28.8 Å². The minimum atomic E-state index is 0.161. The van der Waals surface area contributed by atoms with Gasteiger partial charge in [-0.05, 0) is 49.9 Å². The third-order valence-corrected chi connectivity index (χ3v) is 3.40. The van der Waals surface area contributed by atoms with Crippen molar-refractivity contribution in [1.29, 1.82) is 0 Å². The maximum absolute atomic E-state index is 6.06. The molecule has 2 unspecified atom stereocenters. The lowest BCUT2D eigenvalue weighted by molar-refractivity contribution is 0.131. The van der Waals surface area contributed by atoms with Crippen LogP contribution in [0.25, 0.3) is 0 Å². The Morgan fingerprint density at radius 3 is 2.75 bits per heavy atom. The number of aryl methyl sites for hydroxylation is 1. The summed E-state index contributed by atoms with van der Waals surface area (Å²) in [7, 11) is 0. The van der Waals surface area contributed by atoms with Crippen molar-refractivity contribution in [2.24, 2.45) is 5.73 Å². The fraction of sp³-hybridized carbons (Fsp3) is 0.538. The SMILES string of the molecule is Cc1cc(Cl)ccc1OC1CCCCC1N. The molecule has 0 aliphatic heterocycles. The van der Waals surface area contributed by atoms with E-state index in [1.54, 1.807) is 0 Å². The first-order valence-corrected chi connectivity index (χ1v) is 6.23. The Kier molecular flexibility index (Phi) is 3.72. The van der Waals surface area contributed by atoms with Gasteiger partial charge in [-0.25, -0.2) is 0 Å². The second-order valence-electron chi connectivity index (χ2n) is 4.51. The largest absolute Gasteiger partial charge is 0.489 e. The molecule has 1 aliphatic carbocycles. The predicted octanol–water partition coefficient (Wildman–Crippen LogP) is 3.30. The molecule has 0 aromatic heterocycles. The molecule has 1 saturated carbocycles. The van der Waals surface area contributed by atoms with Gasteiger partial charge in [0.15, 0.2) is 0 Å². The number of ether oxygens (including phenoxy) is 1. The van der Waals surface area contributed by atoms with E-state index in [-0.39, 0.29) is 12.1 Å². The van der Waals surface area contributed by atoms with Crippen LogP contribution >= 0.6 is 11.6 Å². The monoisotopic (exact) mass is 239 g/mol. The van der Waals surface area contributed by atoms with Gasteiger partial charge in [0.25, 0.3) is 0 Å². The van der Waals surface area contributed by atoms with Gasteiger partial charge in [0.2, 0.25) is 0 Å². The van der Waals surface area contributed by atoms with Gasteiger partial charge in [0.05, 0.1) is 0 Å². The maximum atomic E-state index is 6.06. The van der Waals surface area contributed by atoms with Crippen LogP contribution in [0.2, 0.25) is 5.02 Å². The Morgan fingerprint density at radius 2 is 2.06 bits per heavy atom. The molecule has 16 heavy (non-hydrogen) atoms. The molecule has 3 heteroatoms. The summed E-state index contributed by atoms with van der Waals surface area (Å²) < 4.78 is 5.97. The Bertz CT molecular complexity index is 367. The van der Waals surface area contributed by atoms with Crippen molar-refractivity contribution in [3.63, 3.8) is 0 Å². The van der Waals surface area contributed by atoms with Gasteiger partial charge in [-0.3, -0.25) is 0 Å². The topological polar surface area (TPSA) is 35.2 Å². The zero-order chi connectivity index (χ0) is 11.5. The van der Waals surface area contributed by atoms with Gasteiger partial charge >= 0.3 is 0 Å². The zero-order valence-electron chi connectivity index (χ0n) is 9.58. The lowest BCUT2D eigenvalue weighted by Crippen LogP contribution is -2.41. The highest BCUT2D eigenvalue weighted by atomic mass is 35.5. The lowest BCUT2D eigenvalue weighted by Gasteiger charge is -2.29. The van der Waals surface area contributed by atoms with Crippen LogP contribution in [-0.4, -0.2) is 12.1 Å². The summed E-state index contributed by atoms with van der Waals surface area (Å²) in [5.41, 5.74) is 7.13. The molecule has 2 atom stereocenters. The quantitative estimate of drug-likeness (QED) is 0.860. The maximum Gasteiger partial charge on any atom is 0.122 e. The molecule has 1 aromatic carbocycles. The first-order valence-electron chi connectivity index (χ1n) is 5.85. The summed E-state index contributed by atoms with van der Waals surface area (Å²) in [6.07, 6.45) is 4.72. The molecular weight excluding hydrogens is 222 g/mol. The molecule has 0 spiro atoms. The summed E-state index contributed by atoms with van der Waals surface area (Å²) >= 11 is 5.91. The predicted molar refractivity (Wildman–Crippen MR) is 67.0 cm³/mol. The number of halogens is 1. The van der Waals surface area contributed by atoms with Gasteiger partial charge < -0.3 is 10.5 Å². The van der Waals surface area contributed by atoms with E-state index in [1.807, 2.05) is 25.1 Å². The van der Waals surface area contributed by atoms with Crippen LogP contribution in [0.15, 0.2) is 18.2 Å². The smallest absolute Gasteiger partial charge is 0.122 e. The first kappa shape index (κ1) is 11.7. The van der Waals surface area contributed by atoms with Gasteiger partial charge in [-0.15, -0.1) is 0 Å². The van der Waals surface area contributed by atoms with Crippen molar-refractivity contribution in [2.75, 3.05) is 0 Å². The van der Waals surface area contributed by atoms with Gasteiger partial charge in [0.1, 0.15) is 11.9 Å². The molecule has 2 rings (SSSR count). The van der Waals surface area contributed by atoms with Crippen LogP contribution in [0.4, 0.5) is 0 Å². The Morgan fingerprint density at radius 1 is 1.31 bits per heavy atom. The second kappa shape index (κ2) is 5.07. The number of nitrogens with two attached hydrogens (primary N) is 1. The lowest BCUT2D eigenvalue weighted by atomic mass is 9.93. The molecule has 2 nitrogen and oxygen atoms in total. The van der Waals surface area contributed by atoms with Crippen molar-refractivity contribution in [1.82, 2.24) is 0 Å². The first-order chi connectivity index (χ1) is 7.66. The van der Waals surface area contributed by atoms with Gasteiger partial charge in [0, 0.05) is 11.1 Å². The number of hydrogen-bond acceptors (Lipinski definition) is 2. The van der Waals surface area contributed by atoms with Crippen LogP contribution in [-0.2, 0) is 0 Å². The fourth-order valence-electron chi connectivity index (χ4n) is 2.18. The van der Waals surface area contributed by atoms with Crippen molar-refractivity contribution >= 4 is 11.6 Å². The van der Waals surface area contributed by atoms with E-state index >= 15 is 0 Å². The Hall–Kier alpha value is -0.730. The molecule has 0 saturated heterocycles. The van der Waals surface area contributed by atoms with Crippen LogP contribution in [0, 0.1) is 6.92 Å². The third-order valence-electron chi connectivity index (χ3n) is 3.17. The molecule has 0 bridgehead atoms. The second-order valence-corrected chi connectivity index (χ2v) is 4.95.